The zero-order valence-electron chi connectivity index (χ0n) is 14.4. The van der Waals surface area contributed by atoms with Crippen molar-refractivity contribution in [2.75, 3.05) is 24.8 Å². The lowest BCUT2D eigenvalue weighted by atomic mass is 10.1. The topological polar surface area (TPSA) is 62.8 Å². The molecule has 2 amide bonds. The smallest absolute Gasteiger partial charge is 0.387 e. The number of anilines is 2. The number of carbonyl (C=O) groups is 1. The number of benzene rings is 2. The Morgan fingerprint density at radius 3 is 2.81 bits per heavy atom. The molecule has 0 atom stereocenters. The molecule has 0 spiro atoms. The summed E-state index contributed by atoms with van der Waals surface area (Å²) in [5, 5.41) is 5.99. The summed E-state index contributed by atoms with van der Waals surface area (Å²) in [5.41, 5.74) is 3.08. The van der Waals surface area contributed by atoms with Crippen molar-refractivity contribution in [3.05, 3.63) is 47.5 Å². The lowest BCUT2D eigenvalue weighted by Gasteiger charge is -2.26. The van der Waals surface area contributed by atoms with Gasteiger partial charge in [-0.05, 0) is 42.0 Å². The zero-order chi connectivity index (χ0) is 18.7. The molecular weight excluding hydrogens is 344 g/mol. The standard InChI is InChI=1S/C18H19F2N3O3/c1-23-10-12-7-13(3-5-15(12)22-18(23)24)21-9-11-8-14(25-2)4-6-16(11)26-17(19)20/h3-8,17,21H,9-10H2,1-2H3,(H,22,24). The van der Waals surface area contributed by atoms with Crippen LogP contribution in [0.25, 0.3) is 0 Å². The average Bonchev–Trinajstić information content (AvgIpc) is 2.61. The Morgan fingerprint density at radius 1 is 1.27 bits per heavy atom. The highest BCUT2D eigenvalue weighted by Crippen LogP contribution is 2.29. The summed E-state index contributed by atoms with van der Waals surface area (Å²) in [6.45, 7) is -2.12. The summed E-state index contributed by atoms with van der Waals surface area (Å²) in [6.07, 6.45) is 0. The lowest BCUT2D eigenvalue weighted by molar-refractivity contribution is -0.0504. The lowest BCUT2D eigenvalue weighted by Crippen LogP contribution is -2.35. The number of carbonyl (C=O) groups excluding carboxylic acids is 1. The van der Waals surface area contributed by atoms with E-state index in [1.807, 2.05) is 18.2 Å². The first kappa shape index (κ1) is 17.8. The number of hydrogen-bond donors (Lipinski definition) is 2. The average molecular weight is 363 g/mol. The predicted octanol–water partition coefficient (Wildman–Crippen LogP) is 3.89. The molecule has 1 aliphatic heterocycles. The van der Waals surface area contributed by atoms with E-state index >= 15 is 0 Å². The summed E-state index contributed by atoms with van der Waals surface area (Å²) in [7, 11) is 3.22. The molecule has 0 radical (unpaired) electrons. The highest BCUT2D eigenvalue weighted by atomic mass is 19.3. The minimum atomic E-state index is -2.90. The molecule has 2 aromatic rings. The van der Waals surface area contributed by atoms with Crippen LogP contribution in [0.3, 0.4) is 0 Å². The van der Waals surface area contributed by atoms with Gasteiger partial charge in [0, 0.05) is 37.1 Å². The van der Waals surface area contributed by atoms with Gasteiger partial charge in [-0.25, -0.2) is 4.79 Å². The van der Waals surface area contributed by atoms with Crippen LogP contribution in [0.1, 0.15) is 11.1 Å². The third-order valence-electron chi connectivity index (χ3n) is 4.07. The fourth-order valence-electron chi connectivity index (χ4n) is 2.72. The van der Waals surface area contributed by atoms with Gasteiger partial charge >= 0.3 is 12.6 Å². The Labute approximate surface area is 149 Å². The maximum absolute atomic E-state index is 12.6. The van der Waals surface area contributed by atoms with Gasteiger partial charge in [0.25, 0.3) is 0 Å². The Bertz CT molecular complexity index is 814. The van der Waals surface area contributed by atoms with Gasteiger partial charge in [-0.15, -0.1) is 0 Å². The predicted molar refractivity (Wildman–Crippen MR) is 93.9 cm³/mol. The van der Waals surface area contributed by atoms with Crippen molar-refractivity contribution in [2.45, 2.75) is 19.7 Å². The van der Waals surface area contributed by atoms with E-state index in [2.05, 4.69) is 15.4 Å². The van der Waals surface area contributed by atoms with Crippen LogP contribution >= 0.6 is 0 Å². The van der Waals surface area contributed by atoms with E-state index in [0.29, 0.717) is 17.9 Å². The van der Waals surface area contributed by atoms with E-state index in [-0.39, 0.29) is 18.3 Å². The number of ether oxygens (including phenoxy) is 2. The molecule has 8 heteroatoms. The van der Waals surface area contributed by atoms with Gasteiger partial charge in [0.15, 0.2) is 0 Å². The zero-order valence-corrected chi connectivity index (χ0v) is 14.4. The first-order chi connectivity index (χ1) is 12.5. The minimum Gasteiger partial charge on any atom is -0.497 e. The summed E-state index contributed by atoms with van der Waals surface area (Å²) < 4.78 is 34.9. The van der Waals surface area contributed by atoms with Gasteiger partial charge in [-0.2, -0.15) is 8.78 Å². The van der Waals surface area contributed by atoms with E-state index in [9.17, 15) is 13.6 Å². The molecular formula is C18H19F2N3O3. The van der Waals surface area contributed by atoms with Crippen LogP contribution in [0.4, 0.5) is 25.0 Å². The molecule has 0 aromatic heterocycles. The van der Waals surface area contributed by atoms with Gasteiger partial charge < -0.3 is 25.0 Å². The first-order valence-corrected chi connectivity index (χ1v) is 7.97. The third-order valence-corrected chi connectivity index (χ3v) is 4.07. The number of nitrogens with zero attached hydrogens (tertiary/aromatic N) is 1. The van der Waals surface area contributed by atoms with Crippen molar-refractivity contribution >= 4 is 17.4 Å². The number of methoxy groups -OCH3 is 1. The molecule has 3 rings (SSSR count). The molecule has 1 heterocycles. The van der Waals surface area contributed by atoms with Crippen molar-refractivity contribution in [3.63, 3.8) is 0 Å². The molecule has 1 aliphatic rings. The van der Waals surface area contributed by atoms with Crippen molar-refractivity contribution in [1.29, 1.82) is 0 Å². The number of halogens is 2. The molecule has 0 unspecified atom stereocenters. The van der Waals surface area contributed by atoms with Gasteiger partial charge in [0.2, 0.25) is 0 Å². The molecule has 0 saturated carbocycles. The summed E-state index contributed by atoms with van der Waals surface area (Å²) >= 11 is 0. The monoisotopic (exact) mass is 363 g/mol. The highest BCUT2D eigenvalue weighted by Gasteiger charge is 2.19. The maximum atomic E-state index is 12.6. The summed E-state index contributed by atoms with van der Waals surface area (Å²) in [6, 6.07) is 10.1. The summed E-state index contributed by atoms with van der Waals surface area (Å²) in [4.78, 5) is 13.2. The largest absolute Gasteiger partial charge is 0.497 e. The fourth-order valence-corrected chi connectivity index (χ4v) is 2.72. The van der Waals surface area contributed by atoms with E-state index in [0.717, 1.165) is 16.9 Å². The molecule has 2 aromatic carbocycles. The Morgan fingerprint density at radius 2 is 2.08 bits per heavy atom. The molecule has 26 heavy (non-hydrogen) atoms. The molecule has 138 valence electrons. The highest BCUT2D eigenvalue weighted by molar-refractivity contribution is 5.92. The number of fused-ring (bicyclic) bond motifs is 1. The minimum absolute atomic E-state index is 0.0956. The van der Waals surface area contributed by atoms with Gasteiger partial charge in [-0.3, -0.25) is 0 Å². The van der Waals surface area contributed by atoms with Crippen LogP contribution in [-0.2, 0) is 13.1 Å². The van der Waals surface area contributed by atoms with E-state index in [1.165, 1.54) is 13.2 Å². The third kappa shape index (κ3) is 3.96. The number of rotatable bonds is 6. The van der Waals surface area contributed by atoms with Gasteiger partial charge in [0.05, 0.1) is 7.11 Å². The Kier molecular flexibility index (Phi) is 5.11. The first-order valence-electron chi connectivity index (χ1n) is 7.97. The molecule has 0 saturated heterocycles. The second kappa shape index (κ2) is 7.47. The van der Waals surface area contributed by atoms with Crippen LogP contribution in [-0.4, -0.2) is 31.7 Å². The Balaban J connectivity index is 1.76. The summed E-state index contributed by atoms with van der Waals surface area (Å²) in [5.74, 6) is 0.649. The van der Waals surface area contributed by atoms with Crippen molar-refractivity contribution in [3.8, 4) is 11.5 Å². The Hall–Kier alpha value is -3.03. The van der Waals surface area contributed by atoms with Gasteiger partial charge in [0.1, 0.15) is 11.5 Å². The molecule has 2 N–H and O–H groups in total. The van der Waals surface area contributed by atoms with Gasteiger partial charge in [-0.1, -0.05) is 0 Å². The molecule has 0 fully saturated rings. The van der Waals surface area contributed by atoms with Crippen LogP contribution < -0.4 is 20.1 Å². The van der Waals surface area contributed by atoms with Crippen LogP contribution in [0.5, 0.6) is 11.5 Å². The number of urea groups is 1. The number of hydrogen-bond acceptors (Lipinski definition) is 4. The van der Waals surface area contributed by atoms with Crippen LogP contribution in [0, 0.1) is 0 Å². The number of alkyl halides is 2. The molecule has 0 aliphatic carbocycles. The normalized spacial score (nSPS) is 13.3. The quantitative estimate of drug-likeness (QED) is 0.817. The second-order valence-electron chi connectivity index (χ2n) is 5.86. The number of nitrogens with one attached hydrogen (secondary N) is 2. The fraction of sp³-hybridized carbons (Fsp3) is 0.278. The van der Waals surface area contributed by atoms with E-state index < -0.39 is 6.61 Å². The van der Waals surface area contributed by atoms with Crippen molar-refractivity contribution < 1.29 is 23.0 Å². The second-order valence-corrected chi connectivity index (χ2v) is 5.86. The van der Waals surface area contributed by atoms with Crippen LogP contribution in [0.2, 0.25) is 0 Å². The van der Waals surface area contributed by atoms with Crippen molar-refractivity contribution in [1.82, 2.24) is 4.90 Å². The van der Waals surface area contributed by atoms with E-state index in [1.54, 1.807) is 24.1 Å². The molecule has 0 bridgehead atoms. The molecule has 6 nitrogen and oxygen atoms in total. The van der Waals surface area contributed by atoms with Crippen LogP contribution in [0.15, 0.2) is 36.4 Å². The van der Waals surface area contributed by atoms with Crippen molar-refractivity contribution in [2.24, 2.45) is 0 Å². The SMILES string of the molecule is COc1ccc(OC(F)F)c(CNc2ccc3c(c2)CN(C)C(=O)N3)c1. The number of amides is 2. The maximum Gasteiger partial charge on any atom is 0.387 e. The van der Waals surface area contributed by atoms with E-state index in [4.69, 9.17) is 4.74 Å².